The average molecular weight is 432 g/mol. The van der Waals surface area contributed by atoms with E-state index in [2.05, 4.69) is 45.4 Å². The first-order valence-electron chi connectivity index (χ1n) is 10.8. The first-order valence-corrected chi connectivity index (χ1v) is 10.8. The Morgan fingerprint density at radius 2 is 1.94 bits per heavy atom. The molecule has 166 valence electrons. The van der Waals surface area contributed by atoms with E-state index in [1.807, 2.05) is 0 Å². The van der Waals surface area contributed by atoms with Crippen LogP contribution in [0.3, 0.4) is 0 Å². The summed E-state index contributed by atoms with van der Waals surface area (Å²) in [7, 11) is 0. The summed E-state index contributed by atoms with van der Waals surface area (Å²) >= 11 is 0. The lowest BCUT2D eigenvalue weighted by molar-refractivity contribution is -0.141. The number of likely N-dealkylation sites (tertiary alicyclic amines) is 1. The van der Waals surface area contributed by atoms with Gasteiger partial charge in [0.2, 0.25) is 0 Å². The maximum atomic E-state index is 12.6. The molecule has 0 aromatic carbocycles. The minimum absolute atomic E-state index is 0.214. The molecule has 1 amide bonds. The van der Waals surface area contributed by atoms with Crippen molar-refractivity contribution in [3.8, 4) is 0 Å². The van der Waals surface area contributed by atoms with E-state index in [1.165, 1.54) is 11.9 Å². The number of allylic oxidation sites excluding steroid dienone is 2. The highest BCUT2D eigenvalue weighted by atomic mass is 19.4. The fraction of sp³-hybridized carbons (Fsp3) is 0.478. The number of hydrogen-bond donors (Lipinski definition) is 0. The van der Waals surface area contributed by atoms with E-state index in [9.17, 15) is 18.0 Å². The molecule has 0 saturated carbocycles. The van der Waals surface area contributed by atoms with E-state index in [4.69, 9.17) is 0 Å². The van der Waals surface area contributed by atoms with Crippen molar-refractivity contribution in [1.29, 1.82) is 0 Å². The second kappa shape index (κ2) is 9.16. The molecule has 0 N–H and O–H groups in total. The Morgan fingerprint density at radius 1 is 1.13 bits per heavy atom. The smallest absolute Gasteiger partial charge is 0.339 e. The maximum Gasteiger partial charge on any atom is 0.433 e. The minimum Gasteiger partial charge on any atom is -0.339 e. The third-order valence-electron chi connectivity index (χ3n) is 6.16. The molecule has 0 bridgehead atoms. The van der Waals surface area contributed by atoms with Gasteiger partial charge in [0.1, 0.15) is 11.5 Å². The average Bonchev–Trinajstić information content (AvgIpc) is 3.19. The number of aromatic nitrogens is 1. The van der Waals surface area contributed by atoms with Crippen molar-refractivity contribution in [2.45, 2.75) is 38.3 Å². The Hall–Kier alpha value is -2.77. The molecule has 1 aromatic heterocycles. The van der Waals surface area contributed by atoms with Crippen LogP contribution in [-0.2, 0) is 6.18 Å². The molecule has 4 heterocycles. The van der Waals surface area contributed by atoms with Crippen LogP contribution in [0.4, 0.5) is 13.2 Å². The number of rotatable bonds is 6. The topological polar surface area (TPSA) is 39.7 Å². The van der Waals surface area contributed by atoms with Gasteiger partial charge in [-0.1, -0.05) is 25.0 Å². The lowest BCUT2D eigenvalue weighted by atomic mass is 9.91. The Morgan fingerprint density at radius 3 is 2.65 bits per heavy atom. The molecule has 4 rings (SSSR count). The van der Waals surface area contributed by atoms with Crippen LogP contribution in [0.15, 0.2) is 54.8 Å². The molecule has 0 atom stereocenters. The zero-order valence-electron chi connectivity index (χ0n) is 17.4. The van der Waals surface area contributed by atoms with Gasteiger partial charge < -0.3 is 14.7 Å². The van der Waals surface area contributed by atoms with Crippen molar-refractivity contribution < 1.29 is 18.0 Å². The summed E-state index contributed by atoms with van der Waals surface area (Å²) in [6, 6.07) is 2.09. The first-order chi connectivity index (χ1) is 14.9. The van der Waals surface area contributed by atoms with Crippen LogP contribution in [0.1, 0.15) is 48.2 Å². The Balaban J connectivity index is 1.17. The highest BCUT2D eigenvalue weighted by Gasteiger charge is 2.32. The SMILES string of the molecule is O=C(c1ccc(C(F)(F)F)nc1)N1CCC(CCCCN2C=CN3CC=CC=C32)CC1. The number of carbonyl (C=O) groups excluding carboxylic acids is 1. The monoisotopic (exact) mass is 432 g/mol. The summed E-state index contributed by atoms with van der Waals surface area (Å²) in [6.07, 6.45) is 12.5. The molecule has 1 fully saturated rings. The van der Waals surface area contributed by atoms with Gasteiger partial charge in [-0.3, -0.25) is 9.78 Å². The molecule has 31 heavy (non-hydrogen) atoms. The van der Waals surface area contributed by atoms with Crippen LogP contribution in [0.2, 0.25) is 0 Å². The summed E-state index contributed by atoms with van der Waals surface area (Å²) in [4.78, 5) is 22.2. The molecule has 5 nitrogen and oxygen atoms in total. The number of halogens is 3. The molecule has 1 aromatic rings. The predicted octanol–water partition coefficient (Wildman–Crippen LogP) is 4.62. The maximum absolute atomic E-state index is 12.6. The van der Waals surface area contributed by atoms with Crippen LogP contribution in [-0.4, -0.2) is 51.8 Å². The number of carbonyl (C=O) groups is 1. The highest BCUT2D eigenvalue weighted by Crippen LogP contribution is 2.28. The number of pyridine rings is 1. The number of hydrogen-bond acceptors (Lipinski definition) is 4. The Kier molecular flexibility index (Phi) is 6.34. The molecule has 1 saturated heterocycles. The van der Waals surface area contributed by atoms with Crippen LogP contribution in [0.25, 0.3) is 0 Å². The van der Waals surface area contributed by atoms with E-state index < -0.39 is 11.9 Å². The molecule has 8 heteroatoms. The zero-order chi connectivity index (χ0) is 21.8. The summed E-state index contributed by atoms with van der Waals surface area (Å²) in [6.45, 7) is 3.23. The van der Waals surface area contributed by atoms with Crippen LogP contribution >= 0.6 is 0 Å². The largest absolute Gasteiger partial charge is 0.433 e. The molecule has 3 aliphatic heterocycles. The van der Waals surface area contributed by atoms with Gasteiger partial charge in [-0.05, 0) is 43.4 Å². The molecule has 0 aliphatic carbocycles. The van der Waals surface area contributed by atoms with Crippen molar-refractivity contribution >= 4 is 5.91 Å². The zero-order valence-corrected chi connectivity index (χ0v) is 17.4. The molecule has 0 unspecified atom stereocenters. The number of unbranched alkanes of at least 4 members (excludes halogenated alkanes) is 1. The molecule has 0 spiro atoms. The fourth-order valence-corrected chi connectivity index (χ4v) is 4.35. The summed E-state index contributed by atoms with van der Waals surface area (Å²) < 4.78 is 37.9. The molecule has 0 radical (unpaired) electrons. The predicted molar refractivity (Wildman–Crippen MR) is 111 cm³/mol. The summed E-state index contributed by atoms with van der Waals surface area (Å²) in [5, 5.41) is 0. The number of amides is 1. The van der Waals surface area contributed by atoms with Crippen LogP contribution < -0.4 is 0 Å². The van der Waals surface area contributed by atoms with Gasteiger partial charge in [0, 0.05) is 44.8 Å². The van der Waals surface area contributed by atoms with Crippen molar-refractivity contribution in [2.75, 3.05) is 26.2 Å². The van der Waals surface area contributed by atoms with Gasteiger partial charge >= 0.3 is 6.18 Å². The summed E-state index contributed by atoms with van der Waals surface area (Å²) in [5.41, 5.74) is -0.762. The normalized spacial score (nSPS) is 19.1. The lowest BCUT2D eigenvalue weighted by Crippen LogP contribution is -2.38. The lowest BCUT2D eigenvalue weighted by Gasteiger charge is -2.32. The van der Waals surface area contributed by atoms with E-state index in [0.717, 1.165) is 57.5 Å². The van der Waals surface area contributed by atoms with Crippen LogP contribution in [0, 0.1) is 5.92 Å². The van der Waals surface area contributed by atoms with Crippen molar-refractivity contribution in [2.24, 2.45) is 5.92 Å². The molecule has 3 aliphatic rings. The fourth-order valence-electron chi connectivity index (χ4n) is 4.35. The number of piperidine rings is 1. The van der Waals surface area contributed by atoms with Gasteiger partial charge in [0.05, 0.1) is 5.56 Å². The quantitative estimate of drug-likeness (QED) is 0.615. The number of fused-ring (bicyclic) bond motifs is 1. The van der Waals surface area contributed by atoms with Crippen molar-refractivity contribution in [3.63, 3.8) is 0 Å². The van der Waals surface area contributed by atoms with E-state index in [1.54, 1.807) is 4.90 Å². The van der Waals surface area contributed by atoms with Gasteiger partial charge in [-0.25, -0.2) is 0 Å². The standard InChI is InChI=1S/C23H27F3N4O/c24-23(25,26)20-8-7-19(17-27-20)22(31)30-13-9-18(10-14-30)5-1-3-11-28-15-16-29-12-4-2-6-21(28)29/h2,4,6-8,15-18H,1,3,5,9-14H2. The van der Waals surface area contributed by atoms with Gasteiger partial charge in [0.25, 0.3) is 5.91 Å². The van der Waals surface area contributed by atoms with Gasteiger partial charge in [0.15, 0.2) is 0 Å². The summed E-state index contributed by atoms with van der Waals surface area (Å²) in [5.74, 6) is 1.60. The third kappa shape index (κ3) is 5.11. The van der Waals surface area contributed by atoms with E-state index in [-0.39, 0.29) is 11.5 Å². The van der Waals surface area contributed by atoms with E-state index in [0.29, 0.717) is 19.0 Å². The van der Waals surface area contributed by atoms with Gasteiger partial charge in [-0.2, -0.15) is 13.2 Å². The number of nitrogens with zero attached hydrogens (tertiary/aromatic N) is 4. The molecular weight excluding hydrogens is 405 g/mol. The minimum atomic E-state index is -4.49. The van der Waals surface area contributed by atoms with Crippen molar-refractivity contribution in [1.82, 2.24) is 19.7 Å². The second-order valence-electron chi connectivity index (χ2n) is 8.26. The van der Waals surface area contributed by atoms with Crippen molar-refractivity contribution in [3.05, 3.63) is 66.0 Å². The first kappa shape index (κ1) is 21.5. The highest BCUT2D eigenvalue weighted by molar-refractivity contribution is 5.94. The van der Waals surface area contributed by atoms with Crippen LogP contribution in [0.5, 0.6) is 0 Å². The van der Waals surface area contributed by atoms with Gasteiger partial charge in [-0.15, -0.1) is 0 Å². The molecular formula is C23H27F3N4O. The Bertz CT molecular complexity index is 868. The Labute approximate surface area is 180 Å². The third-order valence-corrected chi connectivity index (χ3v) is 6.16. The van der Waals surface area contributed by atoms with E-state index >= 15 is 0 Å². The number of alkyl halides is 3. The second-order valence-corrected chi connectivity index (χ2v) is 8.26.